The summed E-state index contributed by atoms with van der Waals surface area (Å²) in [6.07, 6.45) is 3.11. The molecule has 1 saturated heterocycles. The van der Waals surface area contributed by atoms with Gasteiger partial charge in [0.05, 0.1) is 17.4 Å². The standard InChI is InChI=1S/C25H21F3N6O3/c26-25(27,28)21-12-17(6-7-30-21)31-24(37)34-20-5-4-15(11-19(20)22(32-34)23(35)36)16-10-18(14-29-13-16)33-8-2-1-3-9-33/h4-7,10-14H,1-3,8-9H2,(H,35,36)(H,30,31,37). The van der Waals surface area contributed by atoms with Gasteiger partial charge in [0, 0.05) is 42.1 Å². The molecule has 12 heteroatoms. The van der Waals surface area contributed by atoms with Gasteiger partial charge in [0.1, 0.15) is 5.69 Å². The van der Waals surface area contributed by atoms with E-state index in [1.807, 2.05) is 6.07 Å². The van der Waals surface area contributed by atoms with Crippen LogP contribution in [0.2, 0.25) is 0 Å². The normalized spacial score (nSPS) is 14.1. The second kappa shape index (κ2) is 9.52. The third kappa shape index (κ3) is 4.95. The molecule has 0 bridgehead atoms. The van der Waals surface area contributed by atoms with Crippen molar-refractivity contribution in [2.24, 2.45) is 0 Å². The number of carboxylic acid groups (broad SMARTS) is 1. The van der Waals surface area contributed by atoms with Crippen molar-refractivity contribution in [2.75, 3.05) is 23.3 Å². The molecule has 9 nitrogen and oxygen atoms in total. The molecule has 1 aromatic carbocycles. The average Bonchev–Trinajstić information content (AvgIpc) is 3.28. The van der Waals surface area contributed by atoms with Gasteiger partial charge in [-0.25, -0.2) is 9.59 Å². The molecule has 1 fully saturated rings. The molecule has 0 radical (unpaired) electrons. The van der Waals surface area contributed by atoms with E-state index in [9.17, 15) is 27.9 Å². The number of amides is 1. The Hall–Kier alpha value is -4.48. The Bertz CT molecular complexity index is 1490. The summed E-state index contributed by atoms with van der Waals surface area (Å²) in [5, 5.41) is 16.2. The summed E-state index contributed by atoms with van der Waals surface area (Å²) in [5.74, 6) is -1.35. The van der Waals surface area contributed by atoms with E-state index in [1.165, 1.54) is 12.5 Å². The van der Waals surface area contributed by atoms with Crippen molar-refractivity contribution in [3.63, 3.8) is 0 Å². The van der Waals surface area contributed by atoms with Crippen LogP contribution in [-0.4, -0.2) is 49.9 Å². The molecule has 1 aliphatic rings. The van der Waals surface area contributed by atoms with Crippen LogP contribution >= 0.6 is 0 Å². The van der Waals surface area contributed by atoms with Crippen LogP contribution in [0.3, 0.4) is 0 Å². The number of nitrogens with one attached hydrogen (secondary N) is 1. The lowest BCUT2D eigenvalue weighted by Crippen LogP contribution is -2.29. The number of anilines is 2. The van der Waals surface area contributed by atoms with Crippen LogP contribution in [0.5, 0.6) is 0 Å². The van der Waals surface area contributed by atoms with Crippen LogP contribution in [0.25, 0.3) is 22.0 Å². The number of carbonyl (C=O) groups is 2. The number of piperidine rings is 1. The monoisotopic (exact) mass is 510 g/mol. The Morgan fingerprint density at radius 3 is 2.49 bits per heavy atom. The fourth-order valence-corrected chi connectivity index (χ4v) is 4.36. The number of pyridine rings is 2. The number of alkyl halides is 3. The first kappa shape index (κ1) is 24.2. The second-order valence-corrected chi connectivity index (χ2v) is 8.63. The zero-order valence-corrected chi connectivity index (χ0v) is 19.4. The lowest BCUT2D eigenvalue weighted by molar-refractivity contribution is -0.141. The van der Waals surface area contributed by atoms with Crippen LogP contribution < -0.4 is 10.2 Å². The van der Waals surface area contributed by atoms with Gasteiger partial charge in [-0.1, -0.05) is 6.07 Å². The van der Waals surface area contributed by atoms with Gasteiger partial charge in [0.15, 0.2) is 5.69 Å². The molecule has 0 aliphatic carbocycles. The smallest absolute Gasteiger partial charge is 0.433 e. The fraction of sp³-hybridized carbons (Fsp3) is 0.240. The molecule has 0 unspecified atom stereocenters. The molecule has 2 N–H and O–H groups in total. The number of carbonyl (C=O) groups excluding carboxylic acids is 1. The molecule has 1 aliphatic heterocycles. The van der Waals surface area contributed by atoms with Crippen LogP contribution in [0, 0.1) is 0 Å². The Labute approximate surface area is 208 Å². The van der Waals surface area contributed by atoms with Gasteiger partial charge in [-0.05, 0) is 55.2 Å². The number of aromatic carboxylic acids is 1. The third-order valence-electron chi connectivity index (χ3n) is 6.15. The number of hydrogen-bond donors (Lipinski definition) is 2. The molecule has 37 heavy (non-hydrogen) atoms. The van der Waals surface area contributed by atoms with Crippen molar-refractivity contribution < 1.29 is 27.9 Å². The van der Waals surface area contributed by atoms with Gasteiger partial charge >= 0.3 is 18.2 Å². The van der Waals surface area contributed by atoms with Crippen LogP contribution in [0.15, 0.2) is 55.0 Å². The zero-order chi connectivity index (χ0) is 26.2. The molecule has 0 atom stereocenters. The van der Waals surface area contributed by atoms with Crippen LogP contribution in [0.4, 0.5) is 29.3 Å². The first-order valence-electron chi connectivity index (χ1n) is 11.5. The zero-order valence-electron chi connectivity index (χ0n) is 19.4. The van der Waals surface area contributed by atoms with Crippen molar-refractivity contribution in [3.05, 3.63) is 66.4 Å². The molecule has 0 spiro atoms. The number of carboxylic acids is 1. The molecule has 0 saturated carbocycles. The SMILES string of the molecule is O=C(O)c1nn(C(=O)Nc2ccnc(C(F)(F)F)c2)c2ccc(-c3cncc(N4CCCCC4)c3)cc12. The number of rotatable bonds is 4. The van der Waals surface area contributed by atoms with Gasteiger partial charge in [0.25, 0.3) is 0 Å². The lowest BCUT2D eigenvalue weighted by Gasteiger charge is -2.28. The number of nitrogens with zero attached hydrogens (tertiary/aromatic N) is 5. The van der Waals surface area contributed by atoms with Crippen molar-refractivity contribution in [1.82, 2.24) is 19.7 Å². The third-order valence-corrected chi connectivity index (χ3v) is 6.15. The largest absolute Gasteiger partial charge is 0.476 e. The minimum atomic E-state index is -4.69. The van der Waals surface area contributed by atoms with E-state index >= 15 is 0 Å². The van der Waals surface area contributed by atoms with Gasteiger partial charge in [-0.3, -0.25) is 9.97 Å². The van der Waals surface area contributed by atoms with Gasteiger partial charge in [0.2, 0.25) is 0 Å². The Morgan fingerprint density at radius 2 is 1.76 bits per heavy atom. The van der Waals surface area contributed by atoms with E-state index in [2.05, 4.69) is 25.3 Å². The fourth-order valence-electron chi connectivity index (χ4n) is 4.36. The van der Waals surface area contributed by atoms with E-state index in [0.29, 0.717) is 11.6 Å². The van der Waals surface area contributed by atoms with Crippen LogP contribution in [0.1, 0.15) is 35.4 Å². The molecular weight excluding hydrogens is 489 g/mol. The van der Waals surface area contributed by atoms with E-state index in [-0.39, 0.29) is 22.3 Å². The van der Waals surface area contributed by atoms with Gasteiger partial charge in [-0.2, -0.15) is 23.0 Å². The quantitative estimate of drug-likeness (QED) is 0.384. The predicted octanol–water partition coefficient (Wildman–Crippen LogP) is 5.28. The number of hydrogen-bond acceptors (Lipinski definition) is 6. The molecule has 3 aromatic heterocycles. The summed E-state index contributed by atoms with van der Waals surface area (Å²) in [6, 6.07) is 7.81. The minimum Gasteiger partial charge on any atom is -0.476 e. The van der Waals surface area contributed by atoms with Crippen molar-refractivity contribution in [3.8, 4) is 11.1 Å². The molecular formula is C25H21F3N6O3. The first-order valence-corrected chi connectivity index (χ1v) is 11.5. The average molecular weight is 510 g/mol. The van der Waals surface area contributed by atoms with Gasteiger partial charge < -0.3 is 15.3 Å². The highest BCUT2D eigenvalue weighted by Crippen LogP contribution is 2.31. The number of fused-ring (bicyclic) bond motifs is 1. The Kier molecular flexibility index (Phi) is 6.24. The predicted molar refractivity (Wildman–Crippen MR) is 130 cm³/mol. The Balaban J connectivity index is 1.49. The summed E-state index contributed by atoms with van der Waals surface area (Å²) >= 11 is 0. The molecule has 4 aromatic rings. The van der Waals surface area contributed by atoms with Crippen molar-refractivity contribution in [1.29, 1.82) is 0 Å². The van der Waals surface area contributed by atoms with Gasteiger partial charge in [-0.15, -0.1) is 0 Å². The van der Waals surface area contributed by atoms with Crippen molar-refractivity contribution in [2.45, 2.75) is 25.4 Å². The molecule has 4 heterocycles. The maximum absolute atomic E-state index is 13.0. The maximum atomic E-state index is 13.0. The summed E-state index contributed by atoms with van der Waals surface area (Å²) in [4.78, 5) is 34.7. The first-order chi connectivity index (χ1) is 17.7. The lowest BCUT2D eigenvalue weighted by atomic mass is 10.0. The highest BCUT2D eigenvalue weighted by Gasteiger charge is 2.32. The summed E-state index contributed by atoms with van der Waals surface area (Å²) in [7, 11) is 0. The number of halogens is 3. The highest BCUT2D eigenvalue weighted by molar-refractivity contribution is 6.06. The molecule has 5 rings (SSSR count). The maximum Gasteiger partial charge on any atom is 0.433 e. The second-order valence-electron chi connectivity index (χ2n) is 8.63. The van der Waals surface area contributed by atoms with E-state index in [0.717, 1.165) is 48.1 Å². The minimum absolute atomic E-state index is 0.162. The Morgan fingerprint density at radius 1 is 0.973 bits per heavy atom. The van der Waals surface area contributed by atoms with Crippen molar-refractivity contribution >= 4 is 34.3 Å². The summed E-state index contributed by atoms with van der Waals surface area (Å²) in [6.45, 7) is 1.88. The molecule has 1 amide bonds. The number of aromatic nitrogens is 4. The number of benzene rings is 1. The summed E-state index contributed by atoms with van der Waals surface area (Å²) < 4.78 is 39.7. The topological polar surface area (TPSA) is 113 Å². The van der Waals surface area contributed by atoms with E-state index < -0.39 is 23.9 Å². The highest BCUT2D eigenvalue weighted by atomic mass is 19.4. The van der Waals surface area contributed by atoms with Crippen LogP contribution in [-0.2, 0) is 6.18 Å². The summed E-state index contributed by atoms with van der Waals surface area (Å²) in [5.41, 5.74) is 0.917. The molecule has 190 valence electrons. The van der Waals surface area contributed by atoms with E-state index in [4.69, 9.17) is 0 Å². The van der Waals surface area contributed by atoms with E-state index in [1.54, 1.807) is 30.6 Å².